The second kappa shape index (κ2) is 3.33. The van der Waals surface area contributed by atoms with Crippen molar-refractivity contribution in [2.24, 2.45) is 0 Å². The Hall–Kier alpha value is -1.11. The van der Waals surface area contributed by atoms with Crippen molar-refractivity contribution in [3.05, 3.63) is 0 Å². The highest BCUT2D eigenvalue weighted by atomic mass is 19.1. The molecule has 2 unspecified atom stereocenters. The molecule has 0 aromatic rings. The number of carbonyl (C=O) groups is 1. The van der Waals surface area contributed by atoms with Crippen LogP contribution in [0.1, 0.15) is 12.8 Å². The minimum atomic E-state index is -0.921. The van der Waals surface area contributed by atoms with Crippen LogP contribution >= 0.6 is 0 Å². The van der Waals surface area contributed by atoms with Gasteiger partial charge in [-0.15, -0.1) is 0 Å². The lowest BCUT2D eigenvalue weighted by Crippen LogP contribution is -2.41. The van der Waals surface area contributed by atoms with Crippen molar-refractivity contribution in [2.45, 2.75) is 25.1 Å². The molecule has 0 aromatic heterocycles. The average Bonchev–Trinajstić information content (AvgIpc) is 2.04. The van der Waals surface area contributed by atoms with E-state index in [1.165, 1.54) is 4.90 Å². The van der Waals surface area contributed by atoms with Crippen molar-refractivity contribution in [3.8, 4) is 6.07 Å². The van der Waals surface area contributed by atoms with Crippen molar-refractivity contribution in [3.63, 3.8) is 0 Å². The van der Waals surface area contributed by atoms with Gasteiger partial charge in [-0.3, -0.25) is 4.79 Å². The molecular formula is C7H9FN2O. The Labute approximate surface area is 64.4 Å². The maximum Gasteiger partial charge on any atom is 0.210 e. The molecule has 1 amide bonds. The summed E-state index contributed by atoms with van der Waals surface area (Å²) in [5.74, 6) is 0. The number of nitriles is 1. The van der Waals surface area contributed by atoms with Gasteiger partial charge in [0.05, 0.1) is 6.07 Å². The third-order valence-corrected chi connectivity index (χ3v) is 1.86. The third kappa shape index (κ3) is 1.67. The molecule has 0 aliphatic carbocycles. The molecular weight excluding hydrogens is 147 g/mol. The van der Waals surface area contributed by atoms with E-state index in [-0.39, 0.29) is 6.42 Å². The van der Waals surface area contributed by atoms with Gasteiger partial charge >= 0.3 is 0 Å². The number of alkyl halides is 1. The Bertz CT molecular complexity index is 189. The standard InChI is InChI=1S/C7H9FN2O/c8-6-1-2-10(5-11)7(3-6)4-9/h5-7H,1-3H2. The number of hydrogen-bond acceptors (Lipinski definition) is 2. The lowest BCUT2D eigenvalue weighted by Gasteiger charge is -2.29. The van der Waals surface area contributed by atoms with E-state index in [1.807, 2.05) is 6.07 Å². The van der Waals surface area contributed by atoms with Crippen LogP contribution in [0.15, 0.2) is 0 Å². The van der Waals surface area contributed by atoms with E-state index in [0.717, 1.165) is 0 Å². The molecule has 0 aromatic carbocycles. The number of amides is 1. The van der Waals surface area contributed by atoms with Crippen LogP contribution in [0.3, 0.4) is 0 Å². The fourth-order valence-corrected chi connectivity index (χ4v) is 1.19. The minimum absolute atomic E-state index is 0.162. The molecule has 60 valence electrons. The van der Waals surface area contributed by atoms with Gasteiger partial charge in [-0.1, -0.05) is 0 Å². The van der Waals surface area contributed by atoms with E-state index in [4.69, 9.17) is 5.26 Å². The van der Waals surface area contributed by atoms with Crippen LogP contribution in [0.5, 0.6) is 0 Å². The first-order valence-corrected chi connectivity index (χ1v) is 3.52. The van der Waals surface area contributed by atoms with E-state index < -0.39 is 12.2 Å². The molecule has 3 nitrogen and oxygen atoms in total. The molecule has 1 aliphatic heterocycles. The fraction of sp³-hybridized carbons (Fsp3) is 0.714. The van der Waals surface area contributed by atoms with Crippen LogP contribution in [0.4, 0.5) is 4.39 Å². The zero-order chi connectivity index (χ0) is 8.27. The first kappa shape index (κ1) is 7.99. The normalized spacial score (nSPS) is 31.1. The predicted molar refractivity (Wildman–Crippen MR) is 36.3 cm³/mol. The molecule has 0 radical (unpaired) electrons. The topological polar surface area (TPSA) is 44.1 Å². The van der Waals surface area contributed by atoms with Gasteiger partial charge in [-0.05, 0) is 6.42 Å². The van der Waals surface area contributed by atoms with Gasteiger partial charge in [-0.25, -0.2) is 4.39 Å². The summed E-state index contributed by atoms with van der Waals surface area (Å²) in [6.07, 6.45) is 0.210. The monoisotopic (exact) mass is 156 g/mol. The second-order valence-electron chi connectivity index (χ2n) is 2.61. The summed E-state index contributed by atoms with van der Waals surface area (Å²) >= 11 is 0. The van der Waals surface area contributed by atoms with Crippen molar-refractivity contribution in [1.29, 1.82) is 5.26 Å². The fourth-order valence-electron chi connectivity index (χ4n) is 1.19. The molecule has 11 heavy (non-hydrogen) atoms. The van der Waals surface area contributed by atoms with Gasteiger partial charge < -0.3 is 4.90 Å². The summed E-state index contributed by atoms with van der Waals surface area (Å²) in [5, 5.41) is 8.49. The smallest absolute Gasteiger partial charge is 0.210 e. The number of rotatable bonds is 1. The summed E-state index contributed by atoms with van der Waals surface area (Å²) in [5.41, 5.74) is 0. The van der Waals surface area contributed by atoms with E-state index in [0.29, 0.717) is 19.4 Å². The van der Waals surface area contributed by atoms with Crippen LogP contribution in [0.2, 0.25) is 0 Å². The van der Waals surface area contributed by atoms with Gasteiger partial charge in [0, 0.05) is 13.0 Å². The summed E-state index contributed by atoms with van der Waals surface area (Å²) in [4.78, 5) is 11.6. The quantitative estimate of drug-likeness (QED) is 0.518. The zero-order valence-electron chi connectivity index (χ0n) is 6.03. The Morgan fingerprint density at radius 2 is 2.45 bits per heavy atom. The Kier molecular flexibility index (Phi) is 2.42. The Balaban J connectivity index is 2.56. The van der Waals surface area contributed by atoms with E-state index in [2.05, 4.69) is 0 Å². The summed E-state index contributed by atoms with van der Waals surface area (Å²) in [6.45, 7) is 0.364. The van der Waals surface area contributed by atoms with Gasteiger partial charge in [0.25, 0.3) is 0 Å². The average molecular weight is 156 g/mol. The van der Waals surface area contributed by atoms with Gasteiger partial charge in [0.1, 0.15) is 12.2 Å². The highest BCUT2D eigenvalue weighted by molar-refractivity contribution is 5.49. The summed E-state index contributed by atoms with van der Waals surface area (Å²) in [7, 11) is 0. The largest absolute Gasteiger partial charge is 0.329 e. The van der Waals surface area contributed by atoms with Gasteiger partial charge in [-0.2, -0.15) is 5.26 Å². The molecule has 0 saturated carbocycles. The van der Waals surface area contributed by atoms with Crippen LogP contribution in [0.25, 0.3) is 0 Å². The highest BCUT2D eigenvalue weighted by Crippen LogP contribution is 2.17. The minimum Gasteiger partial charge on any atom is -0.329 e. The number of nitrogens with zero attached hydrogens (tertiary/aromatic N) is 2. The zero-order valence-corrected chi connectivity index (χ0v) is 6.03. The number of hydrogen-bond donors (Lipinski definition) is 0. The lowest BCUT2D eigenvalue weighted by atomic mass is 10.0. The first-order chi connectivity index (χ1) is 5.27. The number of piperidine rings is 1. The molecule has 4 heteroatoms. The maximum atomic E-state index is 12.6. The molecule has 1 heterocycles. The van der Waals surface area contributed by atoms with E-state index in [9.17, 15) is 9.18 Å². The van der Waals surface area contributed by atoms with Crippen LogP contribution in [-0.4, -0.2) is 30.1 Å². The summed E-state index contributed by atoms with van der Waals surface area (Å²) < 4.78 is 12.6. The molecule has 1 saturated heterocycles. The van der Waals surface area contributed by atoms with Crippen molar-refractivity contribution in [2.75, 3.05) is 6.54 Å². The SMILES string of the molecule is N#CC1CC(F)CCN1C=O. The molecule has 1 aliphatic rings. The predicted octanol–water partition coefficient (Wildman–Crippen LogP) is 0.469. The third-order valence-electron chi connectivity index (χ3n) is 1.86. The van der Waals surface area contributed by atoms with Crippen LogP contribution in [0, 0.1) is 11.3 Å². The van der Waals surface area contributed by atoms with E-state index in [1.54, 1.807) is 0 Å². The Morgan fingerprint density at radius 1 is 1.73 bits per heavy atom. The second-order valence-corrected chi connectivity index (χ2v) is 2.61. The number of halogens is 1. The number of carbonyl (C=O) groups excluding carboxylic acids is 1. The summed E-state index contributed by atoms with van der Waals surface area (Å²) in [6, 6.07) is 1.33. The highest BCUT2D eigenvalue weighted by Gasteiger charge is 2.26. The van der Waals surface area contributed by atoms with Gasteiger partial charge in [0.15, 0.2) is 0 Å². The van der Waals surface area contributed by atoms with Crippen molar-refractivity contribution in [1.82, 2.24) is 4.90 Å². The lowest BCUT2D eigenvalue weighted by molar-refractivity contribution is -0.120. The molecule has 0 bridgehead atoms. The van der Waals surface area contributed by atoms with Crippen molar-refractivity contribution < 1.29 is 9.18 Å². The Morgan fingerprint density at radius 3 is 3.00 bits per heavy atom. The van der Waals surface area contributed by atoms with Crippen molar-refractivity contribution >= 4 is 6.41 Å². The van der Waals surface area contributed by atoms with Crippen LogP contribution < -0.4 is 0 Å². The number of likely N-dealkylation sites (tertiary alicyclic amines) is 1. The molecule has 0 spiro atoms. The van der Waals surface area contributed by atoms with E-state index >= 15 is 0 Å². The molecule has 1 rings (SSSR count). The first-order valence-electron chi connectivity index (χ1n) is 3.52. The van der Waals surface area contributed by atoms with Crippen LogP contribution in [-0.2, 0) is 4.79 Å². The molecule has 1 fully saturated rings. The maximum absolute atomic E-state index is 12.6. The molecule has 2 atom stereocenters. The molecule has 0 N–H and O–H groups in total. The van der Waals surface area contributed by atoms with Gasteiger partial charge in [0.2, 0.25) is 6.41 Å².